The first-order valence-corrected chi connectivity index (χ1v) is 9.59. The van der Waals surface area contributed by atoms with Crippen molar-refractivity contribution < 1.29 is 0 Å². The van der Waals surface area contributed by atoms with Crippen molar-refractivity contribution in [2.75, 3.05) is 0 Å². The molecule has 0 bridgehead atoms. The van der Waals surface area contributed by atoms with Crippen LogP contribution in [0.2, 0.25) is 0 Å². The van der Waals surface area contributed by atoms with Crippen LogP contribution in [0.5, 0.6) is 0 Å². The van der Waals surface area contributed by atoms with Crippen LogP contribution in [-0.2, 0) is 0 Å². The lowest BCUT2D eigenvalue weighted by molar-refractivity contribution is 0.344. The summed E-state index contributed by atoms with van der Waals surface area (Å²) in [5, 5.41) is 0. The monoisotopic (exact) mass is 319 g/mol. The van der Waals surface area contributed by atoms with Crippen molar-refractivity contribution >= 4 is 11.6 Å². The van der Waals surface area contributed by atoms with Gasteiger partial charge in [0, 0.05) is 4.87 Å². The number of alkyl halides is 1. The molecule has 0 saturated heterocycles. The van der Waals surface area contributed by atoms with Gasteiger partial charge in [-0.15, -0.1) is 11.6 Å². The highest BCUT2D eigenvalue weighted by molar-refractivity contribution is 6.23. The van der Waals surface area contributed by atoms with Crippen LogP contribution in [0.4, 0.5) is 0 Å². The summed E-state index contributed by atoms with van der Waals surface area (Å²) in [4.78, 5) is -0.0186. The zero-order chi connectivity index (χ0) is 15.3. The maximum Gasteiger partial charge on any atom is 0.0418 e. The lowest BCUT2D eigenvalue weighted by Crippen LogP contribution is -2.24. The van der Waals surface area contributed by atoms with E-state index >= 15 is 0 Å². The van der Waals surface area contributed by atoms with Gasteiger partial charge in [0.15, 0.2) is 0 Å². The van der Waals surface area contributed by atoms with E-state index in [1.165, 1.54) is 83.5 Å². The highest BCUT2D eigenvalue weighted by Gasteiger charge is 2.25. The molecule has 21 heavy (non-hydrogen) atoms. The Morgan fingerprint density at radius 3 is 1.48 bits per heavy atom. The number of rotatable bonds is 14. The largest absolute Gasteiger partial charge is 0.344 e. The van der Waals surface area contributed by atoms with Crippen LogP contribution >= 0.6 is 11.6 Å². The summed E-state index contributed by atoms with van der Waals surface area (Å²) < 4.78 is 0. The molecule has 0 radical (unpaired) electrons. The fourth-order valence-corrected chi connectivity index (χ4v) is 3.28. The summed E-state index contributed by atoms with van der Waals surface area (Å²) in [7, 11) is 0. The van der Waals surface area contributed by atoms with E-state index in [2.05, 4.69) is 27.7 Å². The Morgan fingerprint density at radius 1 is 0.667 bits per heavy atom. The molecule has 130 valence electrons. The number of unbranched alkanes of at least 4 members (excludes halogenated alkanes) is 9. The molecule has 0 aliphatic heterocycles. The minimum atomic E-state index is -0.0186. The second-order valence-corrected chi connectivity index (χ2v) is 7.99. The molecule has 1 nitrogen and oxygen atoms in total. The van der Waals surface area contributed by atoms with Crippen LogP contribution in [-0.4, -0.2) is 4.87 Å². The van der Waals surface area contributed by atoms with Crippen molar-refractivity contribution in [3.63, 3.8) is 0 Å². The molecule has 0 heterocycles. The fourth-order valence-electron chi connectivity index (χ4n) is 3.06. The lowest BCUT2D eigenvalue weighted by Gasteiger charge is -2.28. The van der Waals surface area contributed by atoms with E-state index in [4.69, 9.17) is 11.6 Å². The van der Waals surface area contributed by atoms with E-state index in [0.29, 0.717) is 5.92 Å². The van der Waals surface area contributed by atoms with E-state index in [0.717, 1.165) is 0 Å². The predicted octanol–water partition coefficient (Wildman–Crippen LogP) is 7.89. The molecule has 0 aliphatic carbocycles. The summed E-state index contributed by atoms with van der Waals surface area (Å²) >= 11 is 6.50. The first-order valence-electron chi connectivity index (χ1n) is 9.21. The Bertz CT molecular complexity index is 198. The smallest absolute Gasteiger partial charge is 0.0418 e. The second-order valence-electron chi connectivity index (χ2n) is 7.02. The standard InChI is InChI=1S/C19H39Cl.H3N/c1-5-7-8-9-10-11-12-13-14-15-17-18(16-6-2)19(3,4)20;/h18H,5-17H2,1-4H3;1H3. The third kappa shape index (κ3) is 14.9. The topological polar surface area (TPSA) is 35.0 Å². The molecule has 0 rings (SSSR count). The van der Waals surface area contributed by atoms with Gasteiger partial charge in [0.05, 0.1) is 0 Å². The first kappa shape index (κ1) is 23.5. The molecule has 0 amide bonds. The summed E-state index contributed by atoms with van der Waals surface area (Å²) in [6.45, 7) is 8.93. The van der Waals surface area contributed by atoms with Gasteiger partial charge in [0.1, 0.15) is 0 Å². The average molecular weight is 320 g/mol. The van der Waals surface area contributed by atoms with E-state index in [1.807, 2.05) is 0 Å². The lowest BCUT2D eigenvalue weighted by atomic mass is 9.86. The maximum atomic E-state index is 6.50. The number of halogens is 1. The van der Waals surface area contributed by atoms with Gasteiger partial charge in [-0.3, -0.25) is 0 Å². The Morgan fingerprint density at radius 2 is 1.10 bits per heavy atom. The predicted molar refractivity (Wildman–Crippen MR) is 99.8 cm³/mol. The molecular weight excluding hydrogens is 278 g/mol. The van der Waals surface area contributed by atoms with E-state index in [-0.39, 0.29) is 11.0 Å². The molecule has 0 fully saturated rings. The molecule has 2 heteroatoms. The van der Waals surface area contributed by atoms with Crippen molar-refractivity contribution in [2.45, 2.75) is 116 Å². The van der Waals surface area contributed by atoms with Crippen molar-refractivity contribution in [3.8, 4) is 0 Å². The van der Waals surface area contributed by atoms with Crippen LogP contribution in [0.25, 0.3) is 0 Å². The average Bonchev–Trinajstić information content (AvgIpc) is 2.38. The zero-order valence-electron chi connectivity index (χ0n) is 15.4. The minimum absolute atomic E-state index is 0. The molecule has 1 atom stereocenters. The fraction of sp³-hybridized carbons (Fsp3) is 1.00. The number of hydrogen-bond acceptors (Lipinski definition) is 1. The van der Waals surface area contributed by atoms with Gasteiger partial charge in [-0.25, -0.2) is 0 Å². The molecule has 0 aromatic carbocycles. The third-order valence-electron chi connectivity index (χ3n) is 4.51. The summed E-state index contributed by atoms with van der Waals surface area (Å²) in [5.41, 5.74) is 0. The summed E-state index contributed by atoms with van der Waals surface area (Å²) in [6.07, 6.45) is 18.1. The van der Waals surface area contributed by atoms with Gasteiger partial charge >= 0.3 is 0 Å². The van der Waals surface area contributed by atoms with Gasteiger partial charge in [-0.2, -0.15) is 0 Å². The van der Waals surface area contributed by atoms with E-state index in [9.17, 15) is 0 Å². The molecular formula is C19H42ClN. The Labute approximate surface area is 140 Å². The van der Waals surface area contributed by atoms with Crippen molar-refractivity contribution in [2.24, 2.45) is 5.92 Å². The van der Waals surface area contributed by atoms with Gasteiger partial charge < -0.3 is 6.15 Å². The second kappa shape index (κ2) is 15.2. The van der Waals surface area contributed by atoms with Gasteiger partial charge in [-0.05, 0) is 32.6 Å². The quantitative estimate of drug-likeness (QED) is 0.256. The molecule has 0 aromatic heterocycles. The minimum Gasteiger partial charge on any atom is -0.344 e. The van der Waals surface area contributed by atoms with Crippen LogP contribution in [0, 0.1) is 5.92 Å². The van der Waals surface area contributed by atoms with Gasteiger partial charge in [0.25, 0.3) is 0 Å². The Hall–Kier alpha value is 0.250. The highest BCUT2D eigenvalue weighted by atomic mass is 35.5. The van der Waals surface area contributed by atoms with Gasteiger partial charge in [-0.1, -0.05) is 84.5 Å². The molecule has 3 N–H and O–H groups in total. The molecule has 0 aliphatic rings. The van der Waals surface area contributed by atoms with Crippen LogP contribution in [0.3, 0.4) is 0 Å². The van der Waals surface area contributed by atoms with Crippen LogP contribution < -0.4 is 6.15 Å². The molecule has 1 unspecified atom stereocenters. The van der Waals surface area contributed by atoms with Crippen LogP contribution in [0.15, 0.2) is 0 Å². The molecule has 0 spiro atoms. The molecule has 0 saturated carbocycles. The SMILES string of the molecule is CCCCCCCCCCCCC(CCC)C(C)(C)Cl.N. The van der Waals surface area contributed by atoms with Crippen molar-refractivity contribution in [1.29, 1.82) is 0 Å². The maximum absolute atomic E-state index is 6.50. The first-order chi connectivity index (χ1) is 9.52. The third-order valence-corrected chi connectivity index (χ3v) is 4.82. The van der Waals surface area contributed by atoms with E-state index < -0.39 is 0 Å². The Kier molecular flexibility index (Phi) is 17.0. The Balaban J connectivity index is 0. The van der Waals surface area contributed by atoms with Crippen LogP contribution in [0.1, 0.15) is 111 Å². The summed E-state index contributed by atoms with van der Waals surface area (Å²) in [5.74, 6) is 0.697. The van der Waals surface area contributed by atoms with E-state index in [1.54, 1.807) is 0 Å². The van der Waals surface area contributed by atoms with Gasteiger partial charge in [0.2, 0.25) is 0 Å². The summed E-state index contributed by atoms with van der Waals surface area (Å²) in [6, 6.07) is 0. The zero-order valence-corrected chi connectivity index (χ0v) is 16.1. The normalized spacial score (nSPS) is 13.0. The molecule has 0 aromatic rings. The van der Waals surface area contributed by atoms with Crippen molar-refractivity contribution in [1.82, 2.24) is 6.15 Å². The number of hydrogen-bond donors (Lipinski definition) is 1. The highest BCUT2D eigenvalue weighted by Crippen LogP contribution is 2.32. The van der Waals surface area contributed by atoms with Crippen molar-refractivity contribution in [3.05, 3.63) is 0 Å².